The molecule has 0 atom stereocenters. The van der Waals surface area contributed by atoms with Gasteiger partial charge in [0.1, 0.15) is 11.6 Å². The molecule has 0 aromatic heterocycles. The van der Waals surface area contributed by atoms with E-state index in [9.17, 15) is 4.39 Å². The van der Waals surface area contributed by atoms with E-state index in [-0.39, 0.29) is 12.6 Å². The first kappa shape index (κ1) is 19.8. The maximum absolute atomic E-state index is 13.8. The van der Waals surface area contributed by atoms with Crippen molar-refractivity contribution in [3.63, 3.8) is 0 Å². The normalized spacial score (nSPS) is 17.1. The van der Waals surface area contributed by atoms with Gasteiger partial charge in [0.15, 0.2) is 12.8 Å². The number of guanidine groups is 1. The molecule has 0 radical (unpaired) electrons. The molecule has 0 aliphatic carbocycles. The number of anilines is 1. The van der Waals surface area contributed by atoms with Gasteiger partial charge in [-0.2, -0.15) is 0 Å². The van der Waals surface area contributed by atoms with Crippen molar-refractivity contribution < 1.29 is 13.9 Å². The van der Waals surface area contributed by atoms with Crippen molar-refractivity contribution in [1.82, 2.24) is 4.90 Å². The molecule has 2 aromatic rings. The van der Waals surface area contributed by atoms with Gasteiger partial charge < -0.3 is 25.0 Å². The van der Waals surface area contributed by atoms with E-state index in [4.69, 9.17) is 26.8 Å². The van der Waals surface area contributed by atoms with E-state index in [0.29, 0.717) is 31.3 Å². The first-order chi connectivity index (χ1) is 14.1. The number of hydrogen-bond acceptors (Lipinski definition) is 4. The van der Waals surface area contributed by atoms with Crippen LogP contribution in [0.2, 0.25) is 5.02 Å². The number of ether oxygens (including phenoxy) is 2. The van der Waals surface area contributed by atoms with Crippen molar-refractivity contribution in [3.8, 4) is 5.75 Å². The van der Waals surface area contributed by atoms with Crippen LogP contribution in [0.5, 0.6) is 5.75 Å². The van der Waals surface area contributed by atoms with E-state index in [1.165, 1.54) is 12.1 Å². The van der Waals surface area contributed by atoms with Gasteiger partial charge >= 0.3 is 0 Å². The molecule has 4 rings (SSSR count). The van der Waals surface area contributed by atoms with Gasteiger partial charge in [-0.05, 0) is 48.4 Å². The van der Waals surface area contributed by atoms with E-state index in [0.717, 1.165) is 48.0 Å². The molecule has 1 fully saturated rings. The summed E-state index contributed by atoms with van der Waals surface area (Å²) in [6.45, 7) is 4.36. The molecule has 1 saturated heterocycles. The molecule has 0 bridgehead atoms. The van der Waals surface area contributed by atoms with Crippen LogP contribution in [0.3, 0.4) is 0 Å². The fourth-order valence-electron chi connectivity index (χ4n) is 3.68. The highest BCUT2D eigenvalue weighted by atomic mass is 35.5. The summed E-state index contributed by atoms with van der Waals surface area (Å²) < 4.78 is 24.6. The molecule has 0 unspecified atom stereocenters. The van der Waals surface area contributed by atoms with Crippen LogP contribution in [0.15, 0.2) is 41.4 Å². The highest BCUT2D eigenvalue weighted by molar-refractivity contribution is 6.30. The average molecular weight is 419 g/mol. The van der Waals surface area contributed by atoms with Crippen LogP contribution in [-0.2, 0) is 17.8 Å². The van der Waals surface area contributed by atoms with Gasteiger partial charge in [-0.15, -0.1) is 0 Å². The van der Waals surface area contributed by atoms with Gasteiger partial charge in [0.2, 0.25) is 0 Å². The lowest BCUT2D eigenvalue weighted by Crippen LogP contribution is -2.51. The Labute approximate surface area is 174 Å². The summed E-state index contributed by atoms with van der Waals surface area (Å²) in [5, 5.41) is 0.737. The lowest BCUT2D eigenvalue weighted by atomic mass is 10.1. The van der Waals surface area contributed by atoms with Gasteiger partial charge in [-0.25, -0.2) is 4.39 Å². The third-order valence-electron chi connectivity index (χ3n) is 5.20. The number of benzene rings is 2. The molecule has 2 aromatic carbocycles. The van der Waals surface area contributed by atoms with E-state index in [1.54, 1.807) is 0 Å². The monoisotopic (exact) mass is 418 g/mol. The van der Waals surface area contributed by atoms with Crippen molar-refractivity contribution in [2.45, 2.75) is 13.0 Å². The van der Waals surface area contributed by atoms with Crippen LogP contribution in [-0.4, -0.2) is 50.4 Å². The zero-order chi connectivity index (χ0) is 20.2. The van der Waals surface area contributed by atoms with Crippen molar-refractivity contribution in [3.05, 3.63) is 58.4 Å². The molecule has 2 N–H and O–H groups in total. The largest absolute Gasteiger partial charge is 0.467 e. The van der Waals surface area contributed by atoms with Gasteiger partial charge in [-0.1, -0.05) is 11.6 Å². The summed E-state index contributed by atoms with van der Waals surface area (Å²) in [7, 11) is 0. The average Bonchev–Trinajstić information content (AvgIpc) is 2.74. The minimum absolute atomic E-state index is 0.189. The number of rotatable bonds is 4. The maximum atomic E-state index is 13.8. The molecule has 0 spiro atoms. The van der Waals surface area contributed by atoms with Crippen molar-refractivity contribution >= 4 is 23.2 Å². The van der Waals surface area contributed by atoms with Crippen molar-refractivity contribution in [2.75, 3.05) is 44.4 Å². The highest BCUT2D eigenvalue weighted by Crippen LogP contribution is 2.29. The topological polar surface area (TPSA) is 63.3 Å². The number of fused-ring (bicyclic) bond motifs is 1. The second-order valence-corrected chi connectivity index (χ2v) is 7.54. The third kappa shape index (κ3) is 4.74. The molecular weight excluding hydrogens is 395 g/mol. The Hall–Kier alpha value is -2.51. The van der Waals surface area contributed by atoms with Crippen molar-refractivity contribution in [1.29, 1.82) is 0 Å². The fourth-order valence-corrected chi connectivity index (χ4v) is 3.80. The molecule has 29 heavy (non-hydrogen) atoms. The molecule has 154 valence electrons. The van der Waals surface area contributed by atoms with Crippen LogP contribution in [0.1, 0.15) is 11.1 Å². The zero-order valence-corrected chi connectivity index (χ0v) is 16.9. The number of nitrogens with zero attached hydrogens (tertiary/aromatic N) is 3. The molecule has 8 heteroatoms. The van der Waals surface area contributed by atoms with Crippen LogP contribution in [0, 0.1) is 5.82 Å². The summed E-state index contributed by atoms with van der Waals surface area (Å²) in [5.41, 5.74) is 8.89. The standard InChI is InChI=1S/C21H24ClFN4O2/c22-17-1-3-19(4-2-17)26-7-9-27(10-8-26)21(24)25-6-5-15-11-18(23)12-16-13-28-14-29-20(15)16/h1-4,11-12H,5-10,13-14H2,(H2,24,25). The molecule has 0 saturated carbocycles. The minimum atomic E-state index is -0.289. The highest BCUT2D eigenvalue weighted by Gasteiger charge is 2.19. The summed E-state index contributed by atoms with van der Waals surface area (Å²) >= 11 is 5.96. The van der Waals surface area contributed by atoms with Gasteiger partial charge in [-0.3, -0.25) is 4.99 Å². The van der Waals surface area contributed by atoms with Gasteiger partial charge in [0.25, 0.3) is 0 Å². The van der Waals surface area contributed by atoms with Gasteiger partial charge in [0.05, 0.1) is 6.61 Å². The first-order valence-electron chi connectivity index (χ1n) is 9.67. The Bertz CT molecular complexity index is 883. The second-order valence-electron chi connectivity index (χ2n) is 7.10. The molecule has 2 heterocycles. The van der Waals surface area contributed by atoms with Crippen LogP contribution >= 0.6 is 11.6 Å². The van der Waals surface area contributed by atoms with Crippen molar-refractivity contribution in [2.24, 2.45) is 10.7 Å². The first-order valence-corrected chi connectivity index (χ1v) is 10.0. The number of aliphatic imine (C=N–C) groups is 1. The lowest BCUT2D eigenvalue weighted by Gasteiger charge is -2.36. The molecule has 6 nitrogen and oxygen atoms in total. The Kier molecular flexibility index (Phi) is 6.06. The predicted molar refractivity (Wildman–Crippen MR) is 112 cm³/mol. The van der Waals surface area contributed by atoms with E-state index in [2.05, 4.69) is 14.8 Å². The SMILES string of the molecule is NC(=NCCc1cc(F)cc2c1OCOC2)N1CCN(c2ccc(Cl)cc2)CC1. The molecule has 2 aliphatic rings. The summed E-state index contributed by atoms with van der Waals surface area (Å²) in [4.78, 5) is 8.89. The van der Waals surface area contributed by atoms with E-state index < -0.39 is 0 Å². The minimum Gasteiger partial charge on any atom is -0.467 e. The summed E-state index contributed by atoms with van der Waals surface area (Å²) in [6, 6.07) is 10.8. The quantitative estimate of drug-likeness (QED) is 0.610. The van der Waals surface area contributed by atoms with Crippen LogP contribution in [0.25, 0.3) is 0 Å². The number of halogens is 2. The van der Waals surface area contributed by atoms with E-state index in [1.807, 2.05) is 24.3 Å². The Morgan fingerprint density at radius 3 is 2.66 bits per heavy atom. The lowest BCUT2D eigenvalue weighted by molar-refractivity contribution is -0.0172. The Balaban J connectivity index is 1.32. The summed E-state index contributed by atoms with van der Waals surface area (Å²) in [6.07, 6.45) is 0.561. The Morgan fingerprint density at radius 1 is 1.14 bits per heavy atom. The summed E-state index contributed by atoms with van der Waals surface area (Å²) in [5.74, 6) is 0.946. The predicted octanol–water partition coefficient (Wildman–Crippen LogP) is 3.03. The molecule has 2 aliphatic heterocycles. The number of piperazine rings is 1. The zero-order valence-electron chi connectivity index (χ0n) is 16.1. The Morgan fingerprint density at radius 2 is 1.90 bits per heavy atom. The fraction of sp³-hybridized carbons (Fsp3) is 0.381. The van der Waals surface area contributed by atoms with Crippen LogP contribution < -0.4 is 15.4 Å². The second kappa shape index (κ2) is 8.88. The van der Waals surface area contributed by atoms with Gasteiger partial charge in [0, 0.05) is 49.0 Å². The maximum Gasteiger partial charge on any atom is 0.191 e. The number of hydrogen-bond donors (Lipinski definition) is 1. The van der Waals surface area contributed by atoms with Crippen LogP contribution in [0.4, 0.5) is 10.1 Å². The third-order valence-corrected chi connectivity index (χ3v) is 5.45. The number of nitrogens with two attached hydrogens (primary N) is 1. The molecule has 0 amide bonds. The molecular formula is C21H24ClFN4O2. The smallest absolute Gasteiger partial charge is 0.191 e. The van der Waals surface area contributed by atoms with E-state index >= 15 is 0 Å².